The van der Waals surface area contributed by atoms with Crippen LogP contribution in [0, 0.1) is 0 Å². The van der Waals surface area contributed by atoms with Gasteiger partial charge in [-0.1, -0.05) is 23.2 Å². The molecule has 21 heavy (non-hydrogen) atoms. The predicted molar refractivity (Wildman–Crippen MR) is 87.1 cm³/mol. The number of carbonyl (C=O) groups is 2. The minimum absolute atomic E-state index is 0.106. The van der Waals surface area contributed by atoms with E-state index < -0.39 is 5.97 Å². The molecule has 0 unspecified atom stereocenters. The Morgan fingerprint density at radius 2 is 2.05 bits per heavy atom. The van der Waals surface area contributed by atoms with Gasteiger partial charge in [0, 0.05) is 9.92 Å². The molecule has 0 aliphatic heterocycles. The highest BCUT2D eigenvalue weighted by atomic mass is 35.5. The van der Waals surface area contributed by atoms with Gasteiger partial charge in [-0.15, -0.1) is 23.1 Å². The third-order valence-electron chi connectivity index (χ3n) is 2.39. The lowest BCUT2D eigenvalue weighted by Gasteiger charge is -2.06. The van der Waals surface area contributed by atoms with Crippen molar-refractivity contribution in [2.75, 3.05) is 11.1 Å². The number of rotatable bonds is 5. The SMILES string of the molecule is O=C(CSc1cc(Cl)ccc1Cl)Nc1ccsc1C(=O)O. The van der Waals surface area contributed by atoms with Crippen molar-refractivity contribution in [3.05, 3.63) is 44.6 Å². The number of benzene rings is 1. The molecular weight excluding hydrogens is 353 g/mol. The van der Waals surface area contributed by atoms with Gasteiger partial charge in [-0.2, -0.15) is 0 Å². The van der Waals surface area contributed by atoms with Crippen LogP contribution in [0.3, 0.4) is 0 Å². The summed E-state index contributed by atoms with van der Waals surface area (Å²) in [4.78, 5) is 23.6. The number of hydrogen-bond donors (Lipinski definition) is 2. The highest BCUT2D eigenvalue weighted by molar-refractivity contribution is 8.00. The lowest BCUT2D eigenvalue weighted by molar-refractivity contribution is -0.113. The summed E-state index contributed by atoms with van der Waals surface area (Å²) >= 11 is 14.2. The van der Waals surface area contributed by atoms with Crippen molar-refractivity contribution in [1.82, 2.24) is 0 Å². The van der Waals surface area contributed by atoms with Crippen molar-refractivity contribution in [3.63, 3.8) is 0 Å². The molecule has 1 heterocycles. The number of anilines is 1. The first-order valence-corrected chi connectivity index (χ1v) is 8.28. The second kappa shape index (κ2) is 7.17. The average Bonchev–Trinajstić information content (AvgIpc) is 2.88. The molecule has 0 fully saturated rings. The summed E-state index contributed by atoms with van der Waals surface area (Å²) in [6.07, 6.45) is 0. The topological polar surface area (TPSA) is 66.4 Å². The number of aromatic carboxylic acids is 1. The molecule has 0 aliphatic rings. The second-order valence-electron chi connectivity index (χ2n) is 3.88. The molecule has 8 heteroatoms. The van der Waals surface area contributed by atoms with Crippen LogP contribution in [0.15, 0.2) is 34.5 Å². The number of hydrogen-bond acceptors (Lipinski definition) is 4. The first-order valence-electron chi connectivity index (χ1n) is 5.66. The molecule has 4 nitrogen and oxygen atoms in total. The summed E-state index contributed by atoms with van der Waals surface area (Å²) < 4.78 is 0. The van der Waals surface area contributed by atoms with E-state index >= 15 is 0 Å². The largest absolute Gasteiger partial charge is 0.477 e. The van der Waals surface area contributed by atoms with Crippen LogP contribution in [-0.4, -0.2) is 22.7 Å². The Kier molecular flexibility index (Phi) is 5.52. The van der Waals surface area contributed by atoms with Crippen LogP contribution >= 0.6 is 46.3 Å². The van der Waals surface area contributed by atoms with Gasteiger partial charge in [0.05, 0.1) is 16.5 Å². The summed E-state index contributed by atoms with van der Waals surface area (Å²) in [6, 6.07) is 6.56. The van der Waals surface area contributed by atoms with Crippen molar-refractivity contribution < 1.29 is 14.7 Å². The number of nitrogens with one attached hydrogen (secondary N) is 1. The summed E-state index contributed by atoms with van der Waals surface area (Å²) in [5.74, 6) is -1.27. The maximum absolute atomic E-state index is 11.9. The van der Waals surface area contributed by atoms with E-state index in [0.717, 1.165) is 11.3 Å². The lowest BCUT2D eigenvalue weighted by atomic mass is 10.4. The van der Waals surface area contributed by atoms with Crippen LogP contribution in [0.1, 0.15) is 9.67 Å². The average molecular weight is 362 g/mol. The molecule has 0 aliphatic carbocycles. The van der Waals surface area contributed by atoms with Gasteiger partial charge in [0.25, 0.3) is 0 Å². The van der Waals surface area contributed by atoms with Gasteiger partial charge in [0.15, 0.2) is 0 Å². The standard InChI is InChI=1S/C13H9Cl2NO3S2/c14-7-1-2-8(15)10(5-7)21-6-11(17)16-9-3-4-20-12(9)13(18)19/h1-5H,6H2,(H,16,17)(H,18,19). The molecule has 1 amide bonds. The number of thioether (sulfide) groups is 1. The van der Waals surface area contributed by atoms with E-state index in [2.05, 4.69) is 5.32 Å². The normalized spacial score (nSPS) is 10.4. The monoisotopic (exact) mass is 361 g/mol. The quantitative estimate of drug-likeness (QED) is 0.770. The molecule has 1 aromatic carbocycles. The third kappa shape index (κ3) is 4.38. The fraction of sp³-hybridized carbons (Fsp3) is 0.0769. The molecule has 2 N–H and O–H groups in total. The maximum Gasteiger partial charge on any atom is 0.348 e. The van der Waals surface area contributed by atoms with Crippen molar-refractivity contribution >= 4 is 63.9 Å². The summed E-state index contributed by atoms with van der Waals surface area (Å²) in [5, 5.41) is 14.2. The first kappa shape index (κ1) is 16.2. The van der Waals surface area contributed by atoms with Crippen molar-refractivity contribution in [3.8, 4) is 0 Å². The molecule has 2 rings (SSSR count). The number of amides is 1. The van der Waals surface area contributed by atoms with Crippen LogP contribution in [0.4, 0.5) is 5.69 Å². The van der Waals surface area contributed by atoms with Gasteiger partial charge >= 0.3 is 5.97 Å². The second-order valence-corrected chi connectivity index (χ2v) is 6.66. The fourth-order valence-corrected chi connectivity index (χ4v) is 3.47. The minimum atomic E-state index is -1.06. The highest BCUT2D eigenvalue weighted by Gasteiger charge is 2.14. The van der Waals surface area contributed by atoms with Gasteiger partial charge < -0.3 is 10.4 Å². The number of thiophene rings is 1. The Balaban J connectivity index is 1.98. The van der Waals surface area contributed by atoms with Gasteiger partial charge in [0.2, 0.25) is 5.91 Å². The summed E-state index contributed by atoms with van der Waals surface area (Å²) in [6.45, 7) is 0. The molecule has 0 atom stereocenters. The Bertz CT molecular complexity index is 688. The molecule has 0 saturated carbocycles. The first-order chi connectivity index (χ1) is 9.97. The van der Waals surface area contributed by atoms with E-state index in [-0.39, 0.29) is 16.5 Å². The van der Waals surface area contributed by atoms with Gasteiger partial charge in [-0.05, 0) is 29.6 Å². The van der Waals surface area contributed by atoms with E-state index in [9.17, 15) is 9.59 Å². The van der Waals surface area contributed by atoms with E-state index in [1.54, 1.807) is 29.6 Å². The van der Waals surface area contributed by atoms with Crippen molar-refractivity contribution in [2.45, 2.75) is 4.90 Å². The Morgan fingerprint density at radius 3 is 2.76 bits per heavy atom. The van der Waals surface area contributed by atoms with Crippen LogP contribution in [0.25, 0.3) is 0 Å². The number of carboxylic acid groups (broad SMARTS) is 1. The predicted octanol–water partition coefficient (Wildman–Crippen LogP) is 4.48. The zero-order chi connectivity index (χ0) is 15.4. The Hall–Kier alpha value is -1.21. The van der Waals surface area contributed by atoms with E-state index in [0.29, 0.717) is 20.6 Å². The fourth-order valence-electron chi connectivity index (χ4n) is 1.49. The zero-order valence-corrected chi connectivity index (χ0v) is 13.6. The molecule has 1 aromatic heterocycles. The van der Waals surface area contributed by atoms with Crippen LogP contribution in [0.2, 0.25) is 10.0 Å². The van der Waals surface area contributed by atoms with Crippen LogP contribution < -0.4 is 5.32 Å². The van der Waals surface area contributed by atoms with Crippen LogP contribution in [0.5, 0.6) is 0 Å². The van der Waals surface area contributed by atoms with E-state index in [1.165, 1.54) is 11.8 Å². The molecule has 0 bridgehead atoms. The number of carbonyl (C=O) groups excluding carboxylic acids is 1. The number of halogens is 2. The van der Waals surface area contributed by atoms with Crippen molar-refractivity contribution in [2.24, 2.45) is 0 Å². The molecule has 0 saturated heterocycles. The molecular formula is C13H9Cl2NO3S2. The third-order valence-corrected chi connectivity index (χ3v) is 5.02. The zero-order valence-electron chi connectivity index (χ0n) is 10.4. The highest BCUT2D eigenvalue weighted by Crippen LogP contribution is 2.30. The van der Waals surface area contributed by atoms with Crippen molar-refractivity contribution in [1.29, 1.82) is 0 Å². The van der Waals surface area contributed by atoms with Crippen LogP contribution in [-0.2, 0) is 4.79 Å². The van der Waals surface area contributed by atoms with Gasteiger partial charge in [-0.3, -0.25) is 4.79 Å². The van der Waals surface area contributed by atoms with E-state index in [1.807, 2.05) is 0 Å². The molecule has 2 aromatic rings. The lowest BCUT2D eigenvalue weighted by Crippen LogP contribution is -2.15. The Labute approximate surface area is 139 Å². The Morgan fingerprint density at radius 1 is 1.29 bits per heavy atom. The molecule has 0 radical (unpaired) electrons. The van der Waals surface area contributed by atoms with Gasteiger partial charge in [0.1, 0.15) is 4.88 Å². The summed E-state index contributed by atoms with van der Waals surface area (Å²) in [5.41, 5.74) is 0.301. The number of carboxylic acids is 1. The molecule has 110 valence electrons. The van der Waals surface area contributed by atoms with E-state index in [4.69, 9.17) is 28.3 Å². The molecule has 0 spiro atoms. The smallest absolute Gasteiger partial charge is 0.348 e. The van der Waals surface area contributed by atoms with Gasteiger partial charge in [-0.25, -0.2) is 4.79 Å². The summed E-state index contributed by atoms with van der Waals surface area (Å²) in [7, 11) is 0. The maximum atomic E-state index is 11.9. The minimum Gasteiger partial charge on any atom is -0.477 e.